The van der Waals surface area contributed by atoms with E-state index >= 15 is 0 Å². The van der Waals surface area contributed by atoms with E-state index < -0.39 is 11.8 Å². The summed E-state index contributed by atoms with van der Waals surface area (Å²) >= 11 is 1.53. The first-order valence-electron chi connectivity index (χ1n) is 9.70. The van der Waals surface area contributed by atoms with Crippen LogP contribution in [0.2, 0.25) is 0 Å². The van der Waals surface area contributed by atoms with Crippen LogP contribution in [-0.4, -0.2) is 38.5 Å². The van der Waals surface area contributed by atoms with Crippen molar-refractivity contribution in [3.63, 3.8) is 0 Å². The maximum absolute atomic E-state index is 12.9. The van der Waals surface area contributed by atoms with E-state index in [2.05, 4.69) is 10.6 Å². The van der Waals surface area contributed by atoms with Gasteiger partial charge in [-0.25, -0.2) is 0 Å². The zero-order chi connectivity index (χ0) is 22.9. The molecule has 0 unspecified atom stereocenters. The fraction of sp³-hybridized carbons (Fsp3) is 0.174. The molecule has 8 nitrogen and oxygen atoms in total. The Kier molecular flexibility index (Phi) is 7.82. The number of hydrogen-bond acceptors (Lipinski definition) is 6. The number of ether oxygens (including phenoxy) is 2. The van der Waals surface area contributed by atoms with Crippen molar-refractivity contribution in [2.75, 3.05) is 31.0 Å². The number of benzene rings is 2. The van der Waals surface area contributed by atoms with Crippen LogP contribution in [0.15, 0.2) is 66.0 Å². The standard InChI is InChI=1S/C23H23N3O5S/c1-30-18-9-5-16(6-10-18)25-23(29)22(28)24-14-21(27)26(15-20-4-3-13-32-20)17-7-11-19(31-2)12-8-17/h3-13H,14-15H2,1-2H3,(H,24,28)(H,25,29). The van der Waals surface area contributed by atoms with Gasteiger partial charge >= 0.3 is 11.8 Å². The van der Waals surface area contributed by atoms with E-state index in [0.29, 0.717) is 29.4 Å². The first kappa shape index (κ1) is 22.8. The predicted octanol–water partition coefficient (Wildman–Crippen LogP) is 3.05. The molecule has 0 aliphatic rings. The smallest absolute Gasteiger partial charge is 0.313 e. The number of carbonyl (C=O) groups excluding carboxylic acids is 3. The van der Waals surface area contributed by atoms with Crippen molar-refractivity contribution < 1.29 is 23.9 Å². The topological polar surface area (TPSA) is 97.0 Å². The molecule has 0 aliphatic carbocycles. The molecule has 0 aliphatic heterocycles. The molecule has 0 saturated heterocycles. The molecule has 0 radical (unpaired) electrons. The molecule has 2 aromatic carbocycles. The van der Waals surface area contributed by atoms with Crippen LogP contribution in [0.25, 0.3) is 0 Å². The Bertz CT molecular complexity index is 1050. The van der Waals surface area contributed by atoms with Crippen LogP contribution in [0.4, 0.5) is 11.4 Å². The number of carbonyl (C=O) groups is 3. The first-order valence-corrected chi connectivity index (χ1v) is 10.6. The van der Waals surface area contributed by atoms with Gasteiger partial charge in [0.25, 0.3) is 0 Å². The SMILES string of the molecule is COc1ccc(NC(=O)C(=O)NCC(=O)N(Cc2cccs2)c2ccc(OC)cc2)cc1. The number of amides is 3. The van der Waals surface area contributed by atoms with Crippen molar-refractivity contribution >= 4 is 40.4 Å². The Morgan fingerprint density at radius 1 is 0.875 bits per heavy atom. The van der Waals surface area contributed by atoms with Gasteiger partial charge in [-0.05, 0) is 60.0 Å². The molecule has 9 heteroatoms. The Balaban J connectivity index is 1.62. The van der Waals surface area contributed by atoms with E-state index in [9.17, 15) is 14.4 Å². The second kappa shape index (κ2) is 11.0. The number of hydrogen-bond donors (Lipinski definition) is 2. The highest BCUT2D eigenvalue weighted by Gasteiger charge is 2.20. The molecule has 0 spiro atoms. The molecular formula is C23H23N3O5S. The lowest BCUT2D eigenvalue weighted by Gasteiger charge is -2.23. The van der Waals surface area contributed by atoms with Gasteiger partial charge in [-0.1, -0.05) is 6.07 Å². The van der Waals surface area contributed by atoms with E-state index in [1.165, 1.54) is 18.4 Å². The van der Waals surface area contributed by atoms with Gasteiger partial charge in [0, 0.05) is 16.3 Å². The lowest BCUT2D eigenvalue weighted by Crippen LogP contribution is -2.43. The molecule has 0 fully saturated rings. The Morgan fingerprint density at radius 3 is 2.06 bits per heavy atom. The Hall–Kier alpha value is -3.85. The summed E-state index contributed by atoms with van der Waals surface area (Å²) in [5.41, 5.74) is 1.09. The average Bonchev–Trinajstić information content (AvgIpc) is 3.34. The van der Waals surface area contributed by atoms with Crippen LogP contribution in [-0.2, 0) is 20.9 Å². The summed E-state index contributed by atoms with van der Waals surface area (Å²) in [5, 5.41) is 6.80. The maximum Gasteiger partial charge on any atom is 0.313 e. The highest BCUT2D eigenvalue weighted by Crippen LogP contribution is 2.23. The minimum Gasteiger partial charge on any atom is -0.497 e. The molecule has 166 valence electrons. The summed E-state index contributed by atoms with van der Waals surface area (Å²) in [5.74, 6) is -0.824. The molecule has 1 heterocycles. The van der Waals surface area contributed by atoms with Crippen LogP contribution in [0, 0.1) is 0 Å². The summed E-state index contributed by atoms with van der Waals surface area (Å²) in [4.78, 5) is 39.8. The lowest BCUT2D eigenvalue weighted by molar-refractivity contribution is -0.136. The van der Waals surface area contributed by atoms with Crippen LogP contribution in [0.1, 0.15) is 4.88 Å². The van der Waals surface area contributed by atoms with Gasteiger partial charge in [-0.2, -0.15) is 0 Å². The van der Waals surface area contributed by atoms with Gasteiger partial charge in [-0.3, -0.25) is 14.4 Å². The summed E-state index contributed by atoms with van der Waals surface area (Å²) in [6, 6.07) is 17.4. The largest absolute Gasteiger partial charge is 0.497 e. The number of nitrogens with one attached hydrogen (secondary N) is 2. The van der Waals surface area contributed by atoms with Gasteiger partial charge in [0.15, 0.2) is 0 Å². The molecule has 32 heavy (non-hydrogen) atoms. The number of nitrogens with zero attached hydrogens (tertiary/aromatic N) is 1. The first-order chi connectivity index (χ1) is 15.5. The second-order valence-corrected chi connectivity index (χ2v) is 7.65. The van der Waals surface area contributed by atoms with Crippen molar-refractivity contribution in [2.45, 2.75) is 6.54 Å². The number of thiophene rings is 1. The van der Waals surface area contributed by atoms with Crippen molar-refractivity contribution in [3.8, 4) is 11.5 Å². The highest BCUT2D eigenvalue weighted by molar-refractivity contribution is 7.09. The summed E-state index contributed by atoms with van der Waals surface area (Å²) in [7, 11) is 3.10. The molecule has 0 atom stereocenters. The minimum absolute atomic E-state index is 0.327. The third kappa shape index (κ3) is 6.08. The third-order valence-electron chi connectivity index (χ3n) is 4.53. The highest BCUT2D eigenvalue weighted by atomic mass is 32.1. The average molecular weight is 454 g/mol. The lowest BCUT2D eigenvalue weighted by atomic mass is 10.2. The second-order valence-electron chi connectivity index (χ2n) is 6.62. The molecule has 3 rings (SSSR count). The summed E-state index contributed by atoms with van der Waals surface area (Å²) < 4.78 is 10.2. The molecule has 1 aromatic heterocycles. The van der Waals surface area contributed by atoms with Gasteiger partial charge in [0.2, 0.25) is 5.91 Å². The Morgan fingerprint density at radius 2 is 1.50 bits per heavy atom. The minimum atomic E-state index is -0.903. The third-order valence-corrected chi connectivity index (χ3v) is 5.39. The van der Waals surface area contributed by atoms with Gasteiger partial charge in [0.05, 0.1) is 27.3 Å². The van der Waals surface area contributed by atoms with Crippen molar-refractivity contribution in [3.05, 3.63) is 70.9 Å². The summed E-state index contributed by atoms with van der Waals surface area (Å²) in [6.07, 6.45) is 0. The van der Waals surface area contributed by atoms with Crippen LogP contribution < -0.4 is 25.0 Å². The summed E-state index contributed by atoms with van der Waals surface area (Å²) in [6.45, 7) is 0.0169. The zero-order valence-corrected chi connectivity index (χ0v) is 18.5. The van der Waals surface area contributed by atoms with Crippen LogP contribution >= 0.6 is 11.3 Å². The molecule has 2 N–H and O–H groups in total. The van der Waals surface area contributed by atoms with E-state index in [4.69, 9.17) is 9.47 Å². The molecule has 3 amide bonds. The molecule has 3 aromatic rings. The zero-order valence-electron chi connectivity index (χ0n) is 17.7. The van der Waals surface area contributed by atoms with Crippen molar-refractivity contribution in [2.24, 2.45) is 0 Å². The number of anilines is 2. The fourth-order valence-corrected chi connectivity index (χ4v) is 3.53. The molecule has 0 saturated carbocycles. The Labute approximate surface area is 189 Å². The maximum atomic E-state index is 12.9. The number of methoxy groups -OCH3 is 2. The molecule has 0 bridgehead atoms. The normalized spacial score (nSPS) is 10.2. The van der Waals surface area contributed by atoms with E-state index in [1.54, 1.807) is 60.5 Å². The van der Waals surface area contributed by atoms with Gasteiger partial charge in [0.1, 0.15) is 11.5 Å². The van der Waals surface area contributed by atoms with Gasteiger partial charge < -0.3 is 25.0 Å². The van der Waals surface area contributed by atoms with Crippen molar-refractivity contribution in [1.29, 1.82) is 0 Å². The van der Waals surface area contributed by atoms with Crippen molar-refractivity contribution in [1.82, 2.24) is 5.32 Å². The van der Waals surface area contributed by atoms with E-state index in [-0.39, 0.29) is 12.5 Å². The fourth-order valence-electron chi connectivity index (χ4n) is 2.84. The van der Waals surface area contributed by atoms with Crippen LogP contribution in [0.5, 0.6) is 11.5 Å². The van der Waals surface area contributed by atoms with E-state index in [0.717, 1.165) is 4.88 Å². The quantitative estimate of drug-likeness (QED) is 0.511. The monoisotopic (exact) mass is 453 g/mol. The molecular weight excluding hydrogens is 430 g/mol. The van der Waals surface area contributed by atoms with Gasteiger partial charge in [-0.15, -0.1) is 11.3 Å². The predicted molar refractivity (Wildman–Crippen MR) is 123 cm³/mol. The van der Waals surface area contributed by atoms with E-state index in [1.807, 2.05) is 17.5 Å². The van der Waals surface area contributed by atoms with Crippen LogP contribution in [0.3, 0.4) is 0 Å². The number of rotatable bonds is 8.